The number of aliphatic carboxylic acids is 1. The molecule has 110 valence electrons. The summed E-state index contributed by atoms with van der Waals surface area (Å²) in [7, 11) is 0. The Kier molecular flexibility index (Phi) is 4.82. The van der Waals surface area contributed by atoms with Crippen LogP contribution in [0.3, 0.4) is 0 Å². The summed E-state index contributed by atoms with van der Waals surface area (Å²) in [5, 5.41) is 14.9. The lowest BCUT2D eigenvalue weighted by atomic mass is 9.81. The van der Waals surface area contributed by atoms with E-state index < -0.39 is 11.5 Å². The first-order valence-electron chi connectivity index (χ1n) is 6.99. The van der Waals surface area contributed by atoms with Gasteiger partial charge in [0, 0.05) is 6.04 Å². The third-order valence-electron chi connectivity index (χ3n) is 4.12. The second-order valence-corrected chi connectivity index (χ2v) is 6.63. The van der Waals surface area contributed by atoms with Gasteiger partial charge in [0.25, 0.3) is 0 Å². The summed E-state index contributed by atoms with van der Waals surface area (Å²) in [5.74, 6) is -0.925. The molecule has 0 aromatic rings. The molecule has 2 amide bonds. The summed E-state index contributed by atoms with van der Waals surface area (Å²) in [4.78, 5) is 23.4. The summed E-state index contributed by atoms with van der Waals surface area (Å²) < 4.78 is 0. The minimum atomic E-state index is -1.08. The normalized spacial score (nSPS) is 20.4. The Balaban J connectivity index is 2.65. The van der Waals surface area contributed by atoms with Gasteiger partial charge in [0.15, 0.2) is 0 Å². The fraction of sp³-hybridized carbons (Fsp3) is 0.857. The third kappa shape index (κ3) is 4.11. The number of amides is 2. The summed E-state index contributed by atoms with van der Waals surface area (Å²) in [6.45, 7) is 8.02. The number of carbonyl (C=O) groups excluding carboxylic acids is 1. The van der Waals surface area contributed by atoms with E-state index >= 15 is 0 Å². The van der Waals surface area contributed by atoms with Crippen molar-refractivity contribution in [2.45, 2.75) is 71.4 Å². The van der Waals surface area contributed by atoms with E-state index in [1.807, 2.05) is 27.7 Å². The Morgan fingerprint density at radius 1 is 1.16 bits per heavy atom. The van der Waals surface area contributed by atoms with E-state index in [4.69, 9.17) is 0 Å². The molecule has 1 rings (SSSR count). The third-order valence-corrected chi connectivity index (χ3v) is 4.12. The molecule has 1 fully saturated rings. The number of carbonyl (C=O) groups is 2. The maximum Gasteiger partial charge on any atom is 0.329 e. The highest BCUT2D eigenvalue weighted by atomic mass is 16.4. The highest BCUT2D eigenvalue weighted by molar-refractivity contribution is 5.86. The molecule has 0 saturated heterocycles. The quantitative estimate of drug-likeness (QED) is 0.737. The van der Waals surface area contributed by atoms with Crippen LogP contribution < -0.4 is 10.6 Å². The van der Waals surface area contributed by atoms with Crippen molar-refractivity contribution >= 4 is 12.0 Å². The van der Waals surface area contributed by atoms with Gasteiger partial charge in [-0.1, -0.05) is 40.0 Å². The molecular weight excluding hydrogens is 244 g/mol. The summed E-state index contributed by atoms with van der Waals surface area (Å²) in [6.07, 6.45) is 3.76. The predicted molar refractivity (Wildman–Crippen MR) is 74.0 cm³/mol. The molecule has 1 aliphatic carbocycles. The van der Waals surface area contributed by atoms with E-state index in [2.05, 4.69) is 10.6 Å². The van der Waals surface area contributed by atoms with Crippen LogP contribution in [0.2, 0.25) is 0 Å². The number of nitrogens with one attached hydrogen (secondary N) is 2. The molecule has 3 N–H and O–H groups in total. The molecule has 5 heteroatoms. The number of carboxylic acid groups (broad SMARTS) is 1. The largest absolute Gasteiger partial charge is 0.480 e. The Morgan fingerprint density at radius 3 is 2.11 bits per heavy atom. The first-order chi connectivity index (χ1) is 8.67. The van der Waals surface area contributed by atoms with Crippen LogP contribution in [-0.2, 0) is 4.79 Å². The zero-order valence-corrected chi connectivity index (χ0v) is 12.4. The van der Waals surface area contributed by atoms with Crippen LogP contribution in [0.1, 0.15) is 59.8 Å². The van der Waals surface area contributed by atoms with Crippen LogP contribution in [0.15, 0.2) is 0 Å². The molecule has 0 aliphatic heterocycles. The van der Waals surface area contributed by atoms with Crippen molar-refractivity contribution in [2.24, 2.45) is 5.41 Å². The lowest BCUT2D eigenvalue weighted by Crippen LogP contribution is -2.59. The van der Waals surface area contributed by atoms with Crippen molar-refractivity contribution in [1.82, 2.24) is 10.6 Å². The SMILES string of the molecule is CC(NC(=O)NC1(C(=O)O)CCCCC1)C(C)(C)C. The summed E-state index contributed by atoms with van der Waals surface area (Å²) in [5.41, 5.74) is -1.14. The smallest absolute Gasteiger partial charge is 0.329 e. The topological polar surface area (TPSA) is 78.4 Å². The van der Waals surface area contributed by atoms with Gasteiger partial charge < -0.3 is 15.7 Å². The second-order valence-electron chi connectivity index (χ2n) is 6.63. The van der Waals surface area contributed by atoms with Crippen molar-refractivity contribution in [3.63, 3.8) is 0 Å². The molecule has 1 unspecified atom stereocenters. The second kappa shape index (κ2) is 5.80. The van der Waals surface area contributed by atoms with Crippen LogP contribution in [-0.4, -0.2) is 28.7 Å². The van der Waals surface area contributed by atoms with Gasteiger partial charge in [0.1, 0.15) is 5.54 Å². The van der Waals surface area contributed by atoms with Gasteiger partial charge in [-0.05, 0) is 25.2 Å². The number of hydrogen-bond donors (Lipinski definition) is 3. The summed E-state index contributed by atoms with van der Waals surface area (Å²) >= 11 is 0. The van der Waals surface area contributed by atoms with E-state index in [9.17, 15) is 14.7 Å². The molecule has 19 heavy (non-hydrogen) atoms. The standard InChI is InChI=1S/C14H26N2O3/c1-10(13(2,3)4)15-12(19)16-14(11(17)18)8-6-5-7-9-14/h10H,5-9H2,1-4H3,(H,17,18)(H2,15,16,19). The molecule has 0 aromatic heterocycles. The highest BCUT2D eigenvalue weighted by Crippen LogP contribution is 2.28. The number of hydrogen-bond acceptors (Lipinski definition) is 2. The number of carboxylic acids is 1. The van der Waals surface area contributed by atoms with Gasteiger partial charge in [0.2, 0.25) is 0 Å². The highest BCUT2D eigenvalue weighted by Gasteiger charge is 2.41. The zero-order chi connectivity index (χ0) is 14.7. The lowest BCUT2D eigenvalue weighted by Gasteiger charge is -2.35. The van der Waals surface area contributed by atoms with Gasteiger partial charge in [0.05, 0.1) is 0 Å². The first kappa shape index (κ1) is 15.8. The van der Waals surface area contributed by atoms with E-state index in [1.54, 1.807) is 0 Å². The van der Waals surface area contributed by atoms with Crippen LogP contribution >= 0.6 is 0 Å². The average Bonchev–Trinajstić information content (AvgIpc) is 2.28. The minimum absolute atomic E-state index is 0.0260. The van der Waals surface area contributed by atoms with E-state index in [1.165, 1.54) is 0 Å². The van der Waals surface area contributed by atoms with E-state index in [0.29, 0.717) is 12.8 Å². The number of urea groups is 1. The van der Waals surface area contributed by atoms with Crippen molar-refractivity contribution in [2.75, 3.05) is 0 Å². The van der Waals surface area contributed by atoms with Gasteiger partial charge in [-0.3, -0.25) is 0 Å². The zero-order valence-electron chi connectivity index (χ0n) is 12.4. The Bertz CT molecular complexity index is 341. The maximum absolute atomic E-state index is 12.0. The molecule has 0 radical (unpaired) electrons. The van der Waals surface area contributed by atoms with Gasteiger partial charge >= 0.3 is 12.0 Å². The van der Waals surface area contributed by atoms with Crippen molar-refractivity contribution in [3.05, 3.63) is 0 Å². The van der Waals surface area contributed by atoms with Crippen LogP contribution in [0.25, 0.3) is 0 Å². The molecule has 1 saturated carbocycles. The first-order valence-corrected chi connectivity index (χ1v) is 6.99. The molecule has 0 aromatic carbocycles. The monoisotopic (exact) mass is 270 g/mol. The molecule has 0 bridgehead atoms. The van der Waals surface area contributed by atoms with Crippen molar-refractivity contribution in [3.8, 4) is 0 Å². The minimum Gasteiger partial charge on any atom is -0.480 e. The molecule has 0 heterocycles. The van der Waals surface area contributed by atoms with Gasteiger partial charge in [-0.15, -0.1) is 0 Å². The van der Waals surface area contributed by atoms with E-state index in [0.717, 1.165) is 19.3 Å². The van der Waals surface area contributed by atoms with E-state index in [-0.39, 0.29) is 17.5 Å². The van der Waals surface area contributed by atoms with Gasteiger partial charge in [-0.2, -0.15) is 0 Å². The fourth-order valence-electron chi connectivity index (χ4n) is 2.21. The van der Waals surface area contributed by atoms with Crippen molar-refractivity contribution < 1.29 is 14.7 Å². The fourth-order valence-corrected chi connectivity index (χ4v) is 2.21. The molecule has 1 aliphatic rings. The lowest BCUT2D eigenvalue weighted by molar-refractivity contribution is -0.145. The maximum atomic E-state index is 12.0. The number of rotatable bonds is 3. The Labute approximate surface area is 115 Å². The Morgan fingerprint density at radius 2 is 1.68 bits per heavy atom. The molecule has 5 nitrogen and oxygen atoms in total. The Hall–Kier alpha value is -1.26. The van der Waals surface area contributed by atoms with Crippen LogP contribution in [0.4, 0.5) is 4.79 Å². The van der Waals surface area contributed by atoms with Crippen LogP contribution in [0, 0.1) is 5.41 Å². The predicted octanol–water partition coefficient (Wildman–Crippen LogP) is 2.51. The molecule has 1 atom stereocenters. The summed E-state index contributed by atoms with van der Waals surface area (Å²) in [6, 6.07) is -0.409. The van der Waals surface area contributed by atoms with Crippen LogP contribution in [0.5, 0.6) is 0 Å². The van der Waals surface area contributed by atoms with Crippen molar-refractivity contribution in [1.29, 1.82) is 0 Å². The molecular formula is C14H26N2O3. The molecule has 0 spiro atoms. The average molecular weight is 270 g/mol. The van der Waals surface area contributed by atoms with Gasteiger partial charge in [-0.25, -0.2) is 9.59 Å².